The second kappa shape index (κ2) is 12.1. The van der Waals surface area contributed by atoms with Gasteiger partial charge in [0.25, 0.3) is 5.91 Å². The first kappa shape index (κ1) is 28.9. The maximum Gasteiger partial charge on any atom is 0.255 e. The number of imidazole rings is 1. The van der Waals surface area contributed by atoms with Gasteiger partial charge in [-0.15, -0.1) is 0 Å². The van der Waals surface area contributed by atoms with Gasteiger partial charge in [-0.1, -0.05) is 31.0 Å². The standard InChI is InChI=1S/C30H31ClFN7O3/c1-16-7-5-9-23(37-30(41)21-14-34-39(17(21)2)26-10-6-8-22(31)27(26)32)25-15-33-28(36-25)20-12-11-19(35-18(3)42-4)13-24(20)38-29(16)40/h6,8,10-16,23,35H,3,5,7,9H2,1-2,4H3,(H,33,36)(H,37,41)(H,38,40)/t16-,23+/m1/s1. The van der Waals surface area contributed by atoms with Gasteiger partial charge in [0.15, 0.2) is 11.7 Å². The maximum absolute atomic E-state index is 14.7. The third-order valence-electron chi connectivity index (χ3n) is 7.33. The predicted octanol–water partition coefficient (Wildman–Crippen LogP) is 6.12. The molecule has 0 aliphatic carbocycles. The molecule has 0 radical (unpaired) electrons. The number of methoxy groups -OCH3 is 1. The molecule has 218 valence electrons. The Morgan fingerprint density at radius 1 is 1.24 bits per heavy atom. The number of carbonyl (C=O) groups is 2. The number of H-pyrrole nitrogens is 1. The van der Waals surface area contributed by atoms with Crippen molar-refractivity contribution >= 4 is 34.8 Å². The van der Waals surface area contributed by atoms with Gasteiger partial charge in [-0.3, -0.25) is 9.59 Å². The molecule has 4 aromatic rings. The summed E-state index contributed by atoms with van der Waals surface area (Å²) in [4.78, 5) is 34.5. The molecule has 10 nitrogen and oxygen atoms in total. The molecule has 2 bridgehead atoms. The molecule has 1 aliphatic rings. The number of nitrogens with zero attached hydrogens (tertiary/aromatic N) is 3. The van der Waals surface area contributed by atoms with Crippen LogP contribution in [0.1, 0.15) is 54.0 Å². The molecule has 1 aliphatic heterocycles. The quantitative estimate of drug-likeness (QED) is 0.200. The lowest BCUT2D eigenvalue weighted by Crippen LogP contribution is -2.29. The zero-order valence-electron chi connectivity index (χ0n) is 23.4. The summed E-state index contributed by atoms with van der Waals surface area (Å²) in [5, 5.41) is 13.4. The highest BCUT2D eigenvalue weighted by molar-refractivity contribution is 6.30. The van der Waals surface area contributed by atoms with Gasteiger partial charge in [-0.25, -0.2) is 14.1 Å². The summed E-state index contributed by atoms with van der Waals surface area (Å²) in [6.45, 7) is 7.35. The van der Waals surface area contributed by atoms with Crippen molar-refractivity contribution in [3.05, 3.63) is 89.0 Å². The first-order valence-corrected chi connectivity index (χ1v) is 13.8. The van der Waals surface area contributed by atoms with Crippen molar-refractivity contribution in [3.63, 3.8) is 0 Å². The number of anilines is 2. The van der Waals surface area contributed by atoms with E-state index in [1.807, 2.05) is 19.1 Å². The molecule has 0 saturated carbocycles. The monoisotopic (exact) mass is 591 g/mol. The summed E-state index contributed by atoms with van der Waals surface area (Å²) < 4.78 is 21.1. The Bertz CT molecular complexity index is 1660. The van der Waals surface area contributed by atoms with Gasteiger partial charge in [0.1, 0.15) is 11.5 Å². The Morgan fingerprint density at radius 2 is 2.05 bits per heavy atom. The highest BCUT2D eigenvalue weighted by Crippen LogP contribution is 2.33. The molecule has 12 heteroatoms. The Labute approximate surface area is 247 Å². The molecule has 4 N–H and O–H groups in total. The average Bonchev–Trinajstić information content (AvgIpc) is 3.60. The van der Waals surface area contributed by atoms with Crippen molar-refractivity contribution in [1.82, 2.24) is 25.1 Å². The van der Waals surface area contributed by atoms with E-state index in [4.69, 9.17) is 16.3 Å². The largest absolute Gasteiger partial charge is 0.483 e. The van der Waals surface area contributed by atoms with Gasteiger partial charge in [-0.05, 0) is 56.7 Å². The highest BCUT2D eigenvalue weighted by Gasteiger charge is 2.25. The summed E-state index contributed by atoms with van der Waals surface area (Å²) in [5.74, 6) is -0.483. The minimum Gasteiger partial charge on any atom is -0.483 e. The van der Waals surface area contributed by atoms with Crippen molar-refractivity contribution < 1.29 is 18.7 Å². The SMILES string of the molecule is C=C(Nc1ccc2c(c1)NC(=O)[C@H](C)CCC[C@H](NC(=O)c1cnn(-c3cccc(Cl)c3F)c1C)c1cnc-2[nH]1)OC. The van der Waals surface area contributed by atoms with E-state index in [-0.39, 0.29) is 28.4 Å². The highest BCUT2D eigenvalue weighted by atomic mass is 35.5. The topological polar surface area (TPSA) is 126 Å². The van der Waals surface area contributed by atoms with Crippen molar-refractivity contribution in [1.29, 1.82) is 0 Å². The minimum atomic E-state index is -0.619. The number of aromatic amines is 1. The van der Waals surface area contributed by atoms with Crippen LogP contribution in [0.5, 0.6) is 0 Å². The molecule has 3 heterocycles. The Morgan fingerprint density at radius 3 is 2.83 bits per heavy atom. The zero-order valence-corrected chi connectivity index (χ0v) is 24.2. The van der Waals surface area contributed by atoms with Gasteiger partial charge in [-0.2, -0.15) is 5.10 Å². The van der Waals surface area contributed by atoms with Crippen LogP contribution in [0.4, 0.5) is 15.8 Å². The van der Waals surface area contributed by atoms with E-state index in [1.54, 1.807) is 31.3 Å². The number of ether oxygens (including phenoxy) is 1. The van der Waals surface area contributed by atoms with E-state index in [2.05, 4.69) is 37.6 Å². The third-order valence-corrected chi connectivity index (χ3v) is 7.62. The number of hydrogen-bond acceptors (Lipinski definition) is 6. The molecule has 2 atom stereocenters. The smallest absolute Gasteiger partial charge is 0.255 e. The van der Waals surface area contributed by atoms with E-state index in [0.29, 0.717) is 64.9 Å². The molecule has 2 amide bonds. The number of rotatable bonds is 6. The minimum absolute atomic E-state index is 0.0333. The summed E-state index contributed by atoms with van der Waals surface area (Å²) in [6.07, 6.45) is 4.94. The van der Waals surface area contributed by atoms with Crippen molar-refractivity contribution in [3.8, 4) is 17.1 Å². The van der Waals surface area contributed by atoms with E-state index in [9.17, 15) is 14.0 Å². The summed E-state index contributed by atoms with van der Waals surface area (Å²) in [7, 11) is 1.51. The van der Waals surface area contributed by atoms with Gasteiger partial charge in [0.2, 0.25) is 5.91 Å². The maximum atomic E-state index is 14.7. The number of nitrogens with one attached hydrogen (secondary N) is 4. The van der Waals surface area contributed by atoms with Crippen LogP contribution >= 0.6 is 11.6 Å². The molecule has 0 fully saturated rings. The fraction of sp³-hybridized carbons (Fsp3) is 0.267. The van der Waals surface area contributed by atoms with E-state index in [1.165, 1.54) is 24.1 Å². The molecular weight excluding hydrogens is 561 g/mol. The fourth-order valence-corrected chi connectivity index (χ4v) is 5.05. The van der Waals surface area contributed by atoms with Crippen LogP contribution in [0.15, 0.2) is 61.3 Å². The molecule has 0 unspecified atom stereocenters. The lowest BCUT2D eigenvalue weighted by atomic mass is 9.98. The molecule has 2 aromatic heterocycles. The van der Waals surface area contributed by atoms with Crippen molar-refractivity contribution in [2.45, 2.75) is 39.2 Å². The number of halogens is 2. The second-order valence-electron chi connectivity index (χ2n) is 10.2. The predicted molar refractivity (Wildman–Crippen MR) is 159 cm³/mol. The first-order valence-electron chi connectivity index (χ1n) is 13.5. The Balaban J connectivity index is 1.45. The Hall–Kier alpha value is -4.64. The van der Waals surface area contributed by atoms with Crippen LogP contribution in [0.2, 0.25) is 5.02 Å². The van der Waals surface area contributed by atoms with E-state index >= 15 is 0 Å². The number of fused-ring (bicyclic) bond motifs is 4. The third kappa shape index (κ3) is 5.87. The Kier molecular flexibility index (Phi) is 8.30. The van der Waals surface area contributed by atoms with Gasteiger partial charge in [0, 0.05) is 17.2 Å². The number of aromatic nitrogens is 4. The van der Waals surface area contributed by atoms with Crippen LogP contribution < -0.4 is 16.0 Å². The lowest BCUT2D eigenvalue weighted by Gasteiger charge is -2.20. The molecule has 5 rings (SSSR count). The number of carbonyl (C=O) groups excluding carboxylic acids is 2. The number of amides is 2. The molecular formula is C30H31ClFN7O3. The molecule has 2 aromatic carbocycles. The van der Waals surface area contributed by atoms with Crippen molar-refractivity contribution in [2.24, 2.45) is 5.92 Å². The molecule has 0 spiro atoms. The lowest BCUT2D eigenvalue weighted by molar-refractivity contribution is -0.119. The van der Waals surface area contributed by atoms with Crippen LogP contribution in [-0.2, 0) is 9.53 Å². The van der Waals surface area contributed by atoms with Gasteiger partial charge >= 0.3 is 0 Å². The first-order chi connectivity index (χ1) is 20.2. The van der Waals surface area contributed by atoms with Crippen LogP contribution in [0.25, 0.3) is 17.1 Å². The molecule has 0 saturated heterocycles. The van der Waals surface area contributed by atoms with E-state index < -0.39 is 11.9 Å². The van der Waals surface area contributed by atoms with Crippen LogP contribution in [0.3, 0.4) is 0 Å². The van der Waals surface area contributed by atoms with Crippen molar-refractivity contribution in [2.75, 3.05) is 17.7 Å². The number of hydrogen-bond donors (Lipinski definition) is 4. The van der Waals surface area contributed by atoms with Crippen LogP contribution in [-0.4, -0.2) is 38.7 Å². The van der Waals surface area contributed by atoms with Crippen LogP contribution in [0, 0.1) is 18.7 Å². The van der Waals surface area contributed by atoms with E-state index in [0.717, 1.165) is 0 Å². The zero-order chi connectivity index (χ0) is 30.0. The number of benzene rings is 2. The normalized spacial score (nSPS) is 16.8. The second-order valence-corrected chi connectivity index (χ2v) is 10.6. The van der Waals surface area contributed by atoms with Gasteiger partial charge in [0.05, 0.1) is 53.2 Å². The van der Waals surface area contributed by atoms with Gasteiger partial charge < -0.3 is 25.7 Å². The summed E-state index contributed by atoms with van der Waals surface area (Å²) >= 11 is 5.95. The molecule has 42 heavy (non-hydrogen) atoms. The summed E-state index contributed by atoms with van der Waals surface area (Å²) in [6, 6.07) is 9.65. The average molecular weight is 592 g/mol. The summed E-state index contributed by atoms with van der Waals surface area (Å²) in [5.41, 5.74) is 3.57. The fourth-order valence-electron chi connectivity index (χ4n) is 4.88.